The predicted octanol–water partition coefficient (Wildman–Crippen LogP) is 1.74. The van der Waals surface area contributed by atoms with E-state index in [9.17, 15) is 9.59 Å². The van der Waals surface area contributed by atoms with E-state index in [1.165, 1.54) is 12.2 Å². The van der Waals surface area contributed by atoms with E-state index in [1.54, 1.807) is 24.5 Å². The molecule has 2 fully saturated rings. The van der Waals surface area contributed by atoms with Crippen LogP contribution in [0.4, 0.5) is 0 Å². The molecule has 2 aromatic rings. The van der Waals surface area contributed by atoms with Crippen LogP contribution < -0.4 is 0 Å². The van der Waals surface area contributed by atoms with Crippen LogP contribution >= 0.6 is 0 Å². The lowest BCUT2D eigenvalue weighted by Gasteiger charge is -2.45. The quantitative estimate of drug-likeness (QED) is 0.493. The van der Waals surface area contributed by atoms with E-state index < -0.39 is 11.5 Å². The standard InChI is InChI=1S/C22H27N5O4/c1-3-14-31-27-19(28)15-18(20(29)30-2)22(27)7-12-25(13-8-22)16-17-6-4-11-26(17)21-23-9-5-10-24-21/h3-6,9-11,18H,1,7-8,12-16H2,2H3/t18-/m1/s1. The molecule has 2 saturated heterocycles. The van der Waals surface area contributed by atoms with Crippen molar-refractivity contribution in [2.45, 2.75) is 31.3 Å². The monoisotopic (exact) mass is 425 g/mol. The molecule has 0 saturated carbocycles. The minimum atomic E-state index is -0.686. The fourth-order valence-corrected chi connectivity index (χ4v) is 4.64. The van der Waals surface area contributed by atoms with Gasteiger partial charge in [0.2, 0.25) is 11.9 Å². The van der Waals surface area contributed by atoms with E-state index in [0.717, 1.165) is 18.8 Å². The van der Waals surface area contributed by atoms with Crippen LogP contribution in [0.2, 0.25) is 0 Å². The van der Waals surface area contributed by atoms with Crippen LogP contribution in [0.1, 0.15) is 25.0 Å². The fourth-order valence-electron chi connectivity index (χ4n) is 4.64. The molecule has 0 aliphatic carbocycles. The highest BCUT2D eigenvalue weighted by molar-refractivity contribution is 5.88. The number of rotatable bonds is 7. The molecule has 9 nitrogen and oxygen atoms in total. The highest BCUT2D eigenvalue weighted by Crippen LogP contribution is 2.44. The molecular weight excluding hydrogens is 398 g/mol. The van der Waals surface area contributed by atoms with Gasteiger partial charge in [0, 0.05) is 50.3 Å². The Hall–Kier alpha value is -3.04. The van der Waals surface area contributed by atoms with Crippen molar-refractivity contribution in [3.8, 4) is 5.95 Å². The van der Waals surface area contributed by atoms with Crippen LogP contribution in [0.5, 0.6) is 0 Å². The van der Waals surface area contributed by atoms with Crippen LogP contribution in [-0.2, 0) is 25.7 Å². The third-order valence-electron chi connectivity index (χ3n) is 6.17. The SMILES string of the molecule is C=CCON1C(=O)C[C@H](C(=O)OC)C12CCN(Cc1cccn1-c1ncccn1)CC2. The molecule has 0 bridgehead atoms. The zero-order valence-electron chi connectivity index (χ0n) is 17.6. The van der Waals surface area contributed by atoms with Gasteiger partial charge in [-0.2, -0.15) is 0 Å². The summed E-state index contributed by atoms with van der Waals surface area (Å²) in [7, 11) is 1.36. The minimum Gasteiger partial charge on any atom is -0.469 e. The van der Waals surface area contributed by atoms with Gasteiger partial charge in [-0.05, 0) is 31.0 Å². The molecule has 0 N–H and O–H groups in total. The Labute approximate surface area is 181 Å². The van der Waals surface area contributed by atoms with Gasteiger partial charge in [-0.15, -0.1) is 6.58 Å². The van der Waals surface area contributed by atoms with Crippen molar-refractivity contribution in [1.29, 1.82) is 0 Å². The number of hydrogen-bond acceptors (Lipinski definition) is 7. The number of amides is 1. The first-order valence-electron chi connectivity index (χ1n) is 10.4. The van der Waals surface area contributed by atoms with E-state index in [0.29, 0.717) is 25.3 Å². The first kappa shape index (κ1) is 21.2. The number of piperidine rings is 1. The van der Waals surface area contributed by atoms with E-state index >= 15 is 0 Å². The normalized spacial score (nSPS) is 20.9. The van der Waals surface area contributed by atoms with Crippen molar-refractivity contribution in [3.63, 3.8) is 0 Å². The van der Waals surface area contributed by atoms with Gasteiger partial charge >= 0.3 is 5.97 Å². The number of aromatic nitrogens is 3. The lowest BCUT2D eigenvalue weighted by atomic mass is 9.77. The molecular formula is C22H27N5O4. The van der Waals surface area contributed by atoms with Gasteiger partial charge in [-0.3, -0.25) is 23.9 Å². The molecule has 1 amide bonds. The second kappa shape index (κ2) is 8.99. The first-order valence-corrected chi connectivity index (χ1v) is 10.4. The molecule has 2 aliphatic heterocycles. The number of carbonyl (C=O) groups is 2. The van der Waals surface area contributed by atoms with Crippen LogP contribution in [0.25, 0.3) is 5.95 Å². The second-order valence-corrected chi connectivity index (χ2v) is 7.85. The van der Waals surface area contributed by atoms with Gasteiger partial charge in [0.15, 0.2) is 0 Å². The molecule has 1 atom stereocenters. The van der Waals surface area contributed by atoms with E-state index in [1.807, 2.05) is 16.8 Å². The Morgan fingerprint density at radius 2 is 2.03 bits per heavy atom. The number of esters is 1. The molecule has 4 rings (SSSR count). The Balaban J connectivity index is 1.50. The summed E-state index contributed by atoms with van der Waals surface area (Å²) in [6.45, 7) is 6.03. The summed E-state index contributed by atoms with van der Waals surface area (Å²) in [6, 6.07) is 5.82. The van der Waals surface area contributed by atoms with Crippen LogP contribution in [-0.4, -0.2) is 68.7 Å². The third-order valence-corrected chi connectivity index (χ3v) is 6.17. The molecule has 0 aromatic carbocycles. The summed E-state index contributed by atoms with van der Waals surface area (Å²) >= 11 is 0. The molecule has 9 heteroatoms. The summed E-state index contributed by atoms with van der Waals surface area (Å²) in [5.41, 5.74) is 0.391. The summed E-state index contributed by atoms with van der Waals surface area (Å²) in [5, 5.41) is 1.42. The van der Waals surface area contributed by atoms with Gasteiger partial charge < -0.3 is 4.74 Å². The average Bonchev–Trinajstić information content (AvgIpc) is 3.36. The smallest absolute Gasteiger partial charge is 0.311 e. The number of likely N-dealkylation sites (tertiary alicyclic amines) is 1. The molecule has 2 aromatic heterocycles. The van der Waals surface area contributed by atoms with Gasteiger partial charge in [-0.25, -0.2) is 15.0 Å². The Morgan fingerprint density at radius 3 is 2.71 bits per heavy atom. The average molecular weight is 425 g/mol. The van der Waals surface area contributed by atoms with Crippen molar-refractivity contribution in [1.82, 2.24) is 24.5 Å². The van der Waals surface area contributed by atoms with Gasteiger partial charge in [-0.1, -0.05) is 6.08 Å². The van der Waals surface area contributed by atoms with E-state index in [2.05, 4.69) is 27.5 Å². The van der Waals surface area contributed by atoms with Crippen LogP contribution in [0, 0.1) is 5.92 Å². The van der Waals surface area contributed by atoms with Crippen LogP contribution in [0.3, 0.4) is 0 Å². The van der Waals surface area contributed by atoms with Crippen LogP contribution in [0.15, 0.2) is 49.4 Å². The molecule has 0 unspecified atom stereocenters. The Bertz CT molecular complexity index is 936. The largest absolute Gasteiger partial charge is 0.469 e. The number of carbonyl (C=O) groups excluding carboxylic acids is 2. The predicted molar refractivity (Wildman–Crippen MR) is 112 cm³/mol. The molecule has 0 radical (unpaired) electrons. The van der Waals surface area contributed by atoms with Crippen molar-refractivity contribution in [2.24, 2.45) is 5.92 Å². The van der Waals surface area contributed by atoms with E-state index in [4.69, 9.17) is 9.57 Å². The minimum absolute atomic E-state index is 0.109. The topological polar surface area (TPSA) is 89.8 Å². The fraction of sp³-hybridized carbons (Fsp3) is 0.455. The van der Waals surface area contributed by atoms with E-state index in [-0.39, 0.29) is 24.9 Å². The Kier molecular flexibility index (Phi) is 6.15. The number of hydroxylamine groups is 2. The first-order chi connectivity index (χ1) is 15.1. The maximum atomic E-state index is 12.7. The highest BCUT2D eigenvalue weighted by Gasteiger charge is 2.58. The summed E-state index contributed by atoms with van der Waals surface area (Å²) in [4.78, 5) is 41.8. The number of methoxy groups -OCH3 is 1. The number of nitrogens with zero attached hydrogens (tertiary/aromatic N) is 5. The maximum absolute atomic E-state index is 12.7. The molecule has 1 spiro atoms. The Morgan fingerprint density at radius 1 is 1.29 bits per heavy atom. The van der Waals surface area contributed by atoms with Gasteiger partial charge in [0.1, 0.15) is 0 Å². The van der Waals surface area contributed by atoms with Crippen molar-refractivity contribution in [2.75, 3.05) is 26.8 Å². The van der Waals surface area contributed by atoms with Crippen molar-refractivity contribution < 1.29 is 19.2 Å². The third kappa shape index (κ3) is 3.98. The molecule has 4 heterocycles. The lowest BCUT2D eigenvalue weighted by molar-refractivity contribution is -0.218. The van der Waals surface area contributed by atoms with Crippen molar-refractivity contribution >= 4 is 11.9 Å². The zero-order valence-corrected chi connectivity index (χ0v) is 17.6. The summed E-state index contributed by atoms with van der Waals surface area (Å²) in [5.74, 6) is -0.437. The molecule has 31 heavy (non-hydrogen) atoms. The number of hydrogen-bond donors (Lipinski definition) is 0. The number of ether oxygens (including phenoxy) is 1. The highest BCUT2D eigenvalue weighted by atomic mass is 16.7. The lowest BCUT2D eigenvalue weighted by Crippen LogP contribution is -2.57. The second-order valence-electron chi connectivity index (χ2n) is 7.85. The van der Waals surface area contributed by atoms with Gasteiger partial charge in [0.25, 0.3) is 0 Å². The molecule has 2 aliphatic rings. The zero-order chi connectivity index (χ0) is 21.8. The maximum Gasteiger partial charge on any atom is 0.311 e. The summed E-state index contributed by atoms with van der Waals surface area (Å²) in [6.07, 6.45) is 8.34. The summed E-state index contributed by atoms with van der Waals surface area (Å²) < 4.78 is 6.99. The molecule has 164 valence electrons. The van der Waals surface area contributed by atoms with Crippen molar-refractivity contribution in [3.05, 3.63) is 55.1 Å². The van der Waals surface area contributed by atoms with Gasteiger partial charge in [0.05, 0.1) is 25.2 Å².